The van der Waals surface area contributed by atoms with E-state index in [0.29, 0.717) is 0 Å². The first-order chi connectivity index (χ1) is 34.4. The number of hydrogen-bond donors (Lipinski definition) is 0. The Hall–Kier alpha value is -6.00. The van der Waals surface area contributed by atoms with Gasteiger partial charge in [-0.3, -0.25) is 0 Å². The summed E-state index contributed by atoms with van der Waals surface area (Å²) in [5.74, 6) is 0. The summed E-state index contributed by atoms with van der Waals surface area (Å²) in [5.41, 5.74) is 27.9. The smallest absolute Gasteiger partial charge is 0.329 e. The van der Waals surface area contributed by atoms with Crippen LogP contribution < -0.4 is 20.6 Å². The molecule has 0 radical (unpaired) electrons. The highest BCUT2D eigenvalue weighted by Gasteiger charge is 2.64. The molecule has 0 amide bonds. The fourth-order valence-electron chi connectivity index (χ4n) is 15.6. The number of benzene rings is 7. The maximum absolute atomic E-state index is 7.34. The standard InChI is InChI=1S/C69H73BN2O/c1-63(2,3)41-26-27-55(44(32-41)40-22-16-15-17-23-40)71-56-36-46-45-35-51-52(66(9,10)31-30-65(51,7)8)38-49(45)67(11,12)50(46)39-54(56)70-60-57(71)37-47-43-24-18-19-25-58(43)73-62(47)59(60)48-33-42(64(4,5)6)34-53-61(48)72(70)69(14)29-21-20-28-68(53,69)13/h15-19,22-27,32-39H,20-21,28-31H2,1-14H3. The quantitative estimate of drug-likeness (QED) is 0.161. The van der Waals surface area contributed by atoms with Gasteiger partial charge in [-0.25, -0.2) is 0 Å². The predicted octanol–water partition coefficient (Wildman–Crippen LogP) is 17.5. The topological polar surface area (TPSA) is 19.6 Å². The Balaban J connectivity index is 1.17. The van der Waals surface area contributed by atoms with Crippen LogP contribution in [0.1, 0.15) is 174 Å². The maximum atomic E-state index is 7.34. The van der Waals surface area contributed by atoms with Crippen LogP contribution in [-0.4, -0.2) is 12.4 Å². The molecule has 368 valence electrons. The first-order valence-corrected chi connectivity index (χ1v) is 27.8. The van der Waals surface area contributed by atoms with E-state index < -0.39 is 0 Å². The van der Waals surface area contributed by atoms with Gasteiger partial charge >= 0.3 is 6.85 Å². The third kappa shape index (κ3) is 5.85. The van der Waals surface area contributed by atoms with Crippen molar-refractivity contribution in [3.63, 3.8) is 0 Å². The zero-order valence-electron chi connectivity index (χ0n) is 46.1. The molecule has 7 aromatic carbocycles. The van der Waals surface area contributed by atoms with Gasteiger partial charge in [0.25, 0.3) is 0 Å². The van der Waals surface area contributed by atoms with Gasteiger partial charge in [0.15, 0.2) is 0 Å². The molecule has 2 unspecified atom stereocenters. The van der Waals surface area contributed by atoms with Gasteiger partial charge < -0.3 is 14.1 Å². The maximum Gasteiger partial charge on any atom is 0.329 e. The van der Waals surface area contributed by atoms with Gasteiger partial charge in [0.05, 0.1) is 5.69 Å². The van der Waals surface area contributed by atoms with Gasteiger partial charge in [0.1, 0.15) is 11.2 Å². The van der Waals surface area contributed by atoms with Crippen LogP contribution in [0.15, 0.2) is 120 Å². The lowest BCUT2D eigenvalue weighted by atomic mass is 9.41. The Labute approximate surface area is 435 Å². The predicted molar refractivity (Wildman–Crippen MR) is 311 cm³/mol. The molecule has 1 aromatic heterocycles. The van der Waals surface area contributed by atoms with Crippen LogP contribution >= 0.6 is 0 Å². The molecule has 3 aliphatic carbocycles. The summed E-state index contributed by atoms with van der Waals surface area (Å²) in [5, 5.41) is 2.35. The Kier molecular flexibility index (Phi) is 8.89. The highest BCUT2D eigenvalue weighted by molar-refractivity contribution is 6.93. The fourth-order valence-corrected chi connectivity index (χ4v) is 15.6. The molecular weight excluding hydrogens is 884 g/mol. The summed E-state index contributed by atoms with van der Waals surface area (Å²) in [7, 11) is 0. The van der Waals surface area contributed by atoms with Crippen LogP contribution in [0.25, 0.3) is 55.3 Å². The number of rotatable bonds is 2. The number of para-hydroxylation sites is 1. The molecule has 6 aliphatic rings. The third-order valence-corrected chi connectivity index (χ3v) is 20.4. The summed E-state index contributed by atoms with van der Waals surface area (Å²) in [6, 6.07) is 45.9. The molecule has 3 nitrogen and oxygen atoms in total. The lowest BCUT2D eigenvalue weighted by Crippen LogP contribution is -2.70. The van der Waals surface area contributed by atoms with Gasteiger partial charge in [0, 0.05) is 60.9 Å². The minimum atomic E-state index is -0.208. The number of anilines is 4. The van der Waals surface area contributed by atoms with Gasteiger partial charge in [-0.15, -0.1) is 0 Å². The zero-order chi connectivity index (χ0) is 50.9. The minimum absolute atomic E-state index is 0.0393. The Bertz CT molecular complexity index is 3740. The average Bonchev–Trinajstić information content (AvgIpc) is 3.90. The van der Waals surface area contributed by atoms with E-state index in [1.807, 2.05) is 0 Å². The number of hydrogen-bond acceptors (Lipinski definition) is 3. The highest BCUT2D eigenvalue weighted by Crippen LogP contribution is 2.65. The molecule has 0 saturated heterocycles. The van der Waals surface area contributed by atoms with Crippen molar-refractivity contribution >= 4 is 62.5 Å². The molecule has 0 bridgehead atoms. The molecule has 4 heterocycles. The average molecular weight is 957 g/mol. The lowest BCUT2D eigenvalue weighted by Gasteiger charge is -2.55. The van der Waals surface area contributed by atoms with Crippen LogP contribution in [0.3, 0.4) is 0 Å². The third-order valence-electron chi connectivity index (χ3n) is 20.4. The van der Waals surface area contributed by atoms with E-state index in [2.05, 4.69) is 222 Å². The van der Waals surface area contributed by atoms with Crippen molar-refractivity contribution in [2.75, 3.05) is 9.71 Å². The molecule has 1 fully saturated rings. The zero-order valence-corrected chi connectivity index (χ0v) is 46.1. The first kappa shape index (κ1) is 45.6. The monoisotopic (exact) mass is 957 g/mol. The first-order valence-electron chi connectivity index (χ1n) is 27.8. The van der Waals surface area contributed by atoms with Crippen LogP contribution in [0, 0.1) is 0 Å². The molecule has 2 atom stereocenters. The molecule has 1 saturated carbocycles. The van der Waals surface area contributed by atoms with Gasteiger partial charge in [-0.05, 0) is 163 Å². The van der Waals surface area contributed by atoms with Crippen molar-refractivity contribution in [1.82, 2.24) is 0 Å². The summed E-state index contributed by atoms with van der Waals surface area (Å²) >= 11 is 0. The van der Waals surface area contributed by atoms with E-state index in [4.69, 9.17) is 4.42 Å². The SMILES string of the molecule is CC(C)(C)c1ccc(N2c3cc4c(cc3B3c5c2cc2c(oc6ccccc62)c5-c2cc(C(C)(C)C)cc5c2N3C2(C)CCCCC52C)C(C)(C)c2cc3c(cc2-4)C(C)(C)CCC3(C)C)c(-c2ccccc2)c1. The summed E-state index contributed by atoms with van der Waals surface area (Å²) in [4.78, 5) is 5.75. The van der Waals surface area contributed by atoms with Gasteiger partial charge in [-0.1, -0.05) is 176 Å². The molecule has 0 N–H and O–H groups in total. The van der Waals surface area contributed by atoms with Crippen LogP contribution in [0.2, 0.25) is 0 Å². The van der Waals surface area contributed by atoms with E-state index in [0.717, 1.165) is 17.6 Å². The second kappa shape index (κ2) is 14.2. The summed E-state index contributed by atoms with van der Waals surface area (Å²) in [6.45, 7) is 34.5. The van der Waals surface area contributed by atoms with E-state index in [9.17, 15) is 0 Å². The second-order valence-electron chi connectivity index (χ2n) is 27.9. The normalized spacial score (nSPS) is 22.4. The van der Waals surface area contributed by atoms with E-state index in [1.165, 1.54) is 143 Å². The van der Waals surface area contributed by atoms with Crippen LogP contribution in [0.4, 0.5) is 22.7 Å². The molecular formula is C69H73BN2O. The lowest BCUT2D eigenvalue weighted by molar-refractivity contribution is 0.199. The Morgan fingerprint density at radius 2 is 1.15 bits per heavy atom. The molecule has 73 heavy (non-hydrogen) atoms. The van der Waals surface area contributed by atoms with Gasteiger partial charge in [0.2, 0.25) is 0 Å². The fraction of sp³-hybridized carbons (Fsp3) is 0.391. The largest absolute Gasteiger partial charge is 0.455 e. The van der Waals surface area contributed by atoms with Crippen molar-refractivity contribution in [3.8, 4) is 33.4 Å². The Morgan fingerprint density at radius 1 is 0.507 bits per heavy atom. The van der Waals surface area contributed by atoms with Crippen molar-refractivity contribution in [2.24, 2.45) is 0 Å². The summed E-state index contributed by atoms with van der Waals surface area (Å²) < 4.78 is 7.34. The van der Waals surface area contributed by atoms with Crippen molar-refractivity contribution < 1.29 is 4.42 Å². The molecule has 8 aromatic rings. The molecule has 14 rings (SSSR count). The number of nitrogens with zero attached hydrogens (tertiary/aromatic N) is 2. The van der Waals surface area contributed by atoms with Crippen molar-refractivity contribution in [1.29, 1.82) is 0 Å². The van der Waals surface area contributed by atoms with E-state index in [1.54, 1.807) is 5.56 Å². The second-order valence-corrected chi connectivity index (χ2v) is 27.9. The van der Waals surface area contributed by atoms with Crippen LogP contribution in [0.5, 0.6) is 0 Å². The highest BCUT2D eigenvalue weighted by atomic mass is 16.3. The molecule has 3 aliphatic heterocycles. The molecule has 0 spiro atoms. The van der Waals surface area contributed by atoms with Crippen LogP contribution in [-0.2, 0) is 32.5 Å². The van der Waals surface area contributed by atoms with Crippen molar-refractivity contribution in [3.05, 3.63) is 154 Å². The Morgan fingerprint density at radius 3 is 1.88 bits per heavy atom. The number of fused-ring (bicyclic) bond motifs is 15. The minimum Gasteiger partial charge on any atom is -0.455 e. The summed E-state index contributed by atoms with van der Waals surface area (Å²) in [6.07, 6.45) is 7.21. The number of furan rings is 1. The molecule has 4 heteroatoms. The van der Waals surface area contributed by atoms with E-state index >= 15 is 0 Å². The van der Waals surface area contributed by atoms with E-state index in [-0.39, 0.29) is 44.9 Å². The van der Waals surface area contributed by atoms with Crippen molar-refractivity contribution in [2.45, 2.75) is 173 Å². The van der Waals surface area contributed by atoms with Gasteiger partial charge in [-0.2, -0.15) is 0 Å².